The fraction of sp³-hybridized carbons (Fsp3) is 0.333. The molecule has 0 saturated carbocycles. The SMILES string of the molecule is CC1=C(c2ccccc2)C(CC(O)C2CCN(C(=O)Nc3ccccc3)CC2)n2cncc21. The van der Waals surface area contributed by atoms with Gasteiger partial charge in [0.2, 0.25) is 0 Å². The molecule has 2 aliphatic rings. The number of likely N-dealkylation sites (tertiary alicyclic amines) is 1. The molecule has 1 saturated heterocycles. The zero-order valence-electron chi connectivity index (χ0n) is 18.9. The molecule has 0 aliphatic carbocycles. The Labute approximate surface area is 194 Å². The minimum absolute atomic E-state index is 0.0688. The highest BCUT2D eigenvalue weighted by atomic mass is 16.3. The number of hydrogen-bond donors (Lipinski definition) is 2. The quantitative estimate of drug-likeness (QED) is 0.580. The number of piperidine rings is 1. The van der Waals surface area contributed by atoms with E-state index in [2.05, 4.69) is 46.1 Å². The molecule has 6 heteroatoms. The Morgan fingerprint density at radius 1 is 1.09 bits per heavy atom. The molecule has 170 valence electrons. The van der Waals surface area contributed by atoms with Crippen LogP contribution in [0.25, 0.3) is 11.1 Å². The molecule has 2 amide bonds. The predicted molar refractivity (Wildman–Crippen MR) is 131 cm³/mol. The van der Waals surface area contributed by atoms with Gasteiger partial charge in [-0.2, -0.15) is 0 Å². The van der Waals surface area contributed by atoms with Crippen LogP contribution < -0.4 is 5.32 Å². The van der Waals surface area contributed by atoms with Gasteiger partial charge >= 0.3 is 6.03 Å². The summed E-state index contributed by atoms with van der Waals surface area (Å²) in [6.45, 7) is 3.45. The summed E-state index contributed by atoms with van der Waals surface area (Å²) in [5.41, 5.74) is 5.62. The highest BCUT2D eigenvalue weighted by Crippen LogP contribution is 2.45. The van der Waals surface area contributed by atoms with E-state index < -0.39 is 6.10 Å². The molecule has 0 bridgehead atoms. The zero-order valence-corrected chi connectivity index (χ0v) is 18.9. The van der Waals surface area contributed by atoms with Crippen molar-refractivity contribution in [3.05, 3.63) is 84.4 Å². The van der Waals surface area contributed by atoms with E-state index in [1.54, 1.807) is 0 Å². The van der Waals surface area contributed by atoms with Gasteiger partial charge in [0.05, 0.1) is 30.4 Å². The highest BCUT2D eigenvalue weighted by Gasteiger charge is 2.35. The standard InChI is InChI=1S/C27H30N4O2/c1-19-24-17-28-18-31(24)23(26(19)21-8-4-2-5-9-21)16-25(32)20-12-14-30(15-13-20)27(33)29-22-10-6-3-7-11-22/h2-11,17-18,20,23,25,32H,12-16H2,1H3,(H,29,33). The maximum absolute atomic E-state index is 12.6. The third-order valence-electron chi connectivity index (χ3n) is 7.07. The maximum atomic E-state index is 12.6. The van der Waals surface area contributed by atoms with Crippen molar-refractivity contribution in [1.82, 2.24) is 14.5 Å². The number of urea groups is 1. The Kier molecular flexibility index (Phi) is 6.01. The van der Waals surface area contributed by atoms with Crippen molar-refractivity contribution in [3.63, 3.8) is 0 Å². The second-order valence-corrected chi connectivity index (χ2v) is 9.03. The Hall–Kier alpha value is -3.38. The van der Waals surface area contributed by atoms with E-state index in [9.17, 15) is 9.90 Å². The second-order valence-electron chi connectivity index (χ2n) is 9.03. The number of nitrogens with zero attached hydrogens (tertiary/aromatic N) is 3. The maximum Gasteiger partial charge on any atom is 0.321 e. The number of para-hydroxylation sites is 1. The van der Waals surface area contributed by atoms with Crippen LogP contribution in [0.2, 0.25) is 0 Å². The van der Waals surface area contributed by atoms with E-state index in [0.717, 1.165) is 24.2 Å². The second kappa shape index (κ2) is 9.24. The van der Waals surface area contributed by atoms with Crippen LogP contribution in [0.1, 0.15) is 43.5 Å². The molecular formula is C27H30N4O2. The molecule has 2 aliphatic heterocycles. The Morgan fingerprint density at radius 3 is 2.45 bits per heavy atom. The fourth-order valence-corrected chi connectivity index (χ4v) is 5.26. The van der Waals surface area contributed by atoms with Gasteiger partial charge in [0, 0.05) is 18.8 Å². The van der Waals surface area contributed by atoms with E-state index in [-0.39, 0.29) is 18.0 Å². The van der Waals surface area contributed by atoms with Crippen LogP contribution in [0.5, 0.6) is 0 Å². The molecule has 33 heavy (non-hydrogen) atoms. The summed E-state index contributed by atoms with van der Waals surface area (Å²) >= 11 is 0. The lowest BCUT2D eigenvalue weighted by Gasteiger charge is -2.35. The first-order valence-electron chi connectivity index (χ1n) is 11.7. The first kappa shape index (κ1) is 21.5. The topological polar surface area (TPSA) is 70.4 Å². The Morgan fingerprint density at radius 2 is 1.76 bits per heavy atom. The fourth-order valence-electron chi connectivity index (χ4n) is 5.26. The number of anilines is 1. The summed E-state index contributed by atoms with van der Waals surface area (Å²) in [6.07, 6.45) is 5.60. The molecule has 3 heterocycles. The predicted octanol–water partition coefficient (Wildman–Crippen LogP) is 5.06. The van der Waals surface area contributed by atoms with Gasteiger partial charge in [-0.05, 0) is 60.9 Å². The lowest BCUT2D eigenvalue weighted by molar-refractivity contribution is 0.0563. The molecule has 6 nitrogen and oxygen atoms in total. The third kappa shape index (κ3) is 4.31. The molecule has 3 aromatic rings. The number of rotatable bonds is 5. The summed E-state index contributed by atoms with van der Waals surface area (Å²) in [7, 11) is 0. The lowest BCUT2D eigenvalue weighted by Crippen LogP contribution is -2.43. The minimum atomic E-state index is -0.436. The zero-order chi connectivity index (χ0) is 22.8. The van der Waals surface area contributed by atoms with Gasteiger partial charge in [0.1, 0.15) is 0 Å². The Bertz CT molecular complexity index is 1130. The molecule has 0 spiro atoms. The number of allylic oxidation sites excluding steroid dienone is 2. The number of aliphatic hydroxyl groups excluding tert-OH is 1. The highest BCUT2D eigenvalue weighted by molar-refractivity contribution is 5.93. The van der Waals surface area contributed by atoms with Gasteiger partial charge < -0.3 is 19.9 Å². The minimum Gasteiger partial charge on any atom is -0.393 e. The van der Waals surface area contributed by atoms with Crippen LogP contribution in [0, 0.1) is 5.92 Å². The van der Waals surface area contributed by atoms with Gasteiger partial charge in [-0.25, -0.2) is 9.78 Å². The summed E-state index contributed by atoms with van der Waals surface area (Å²) in [6, 6.07) is 20.0. The van der Waals surface area contributed by atoms with Crippen LogP contribution in [0.3, 0.4) is 0 Å². The monoisotopic (exact) mass is 442 g/mol. The first-order chi connectivity index (χ1) is 16.1. The van der Waals surface area contributed by atoms with Crippen molar-refractivity contribution in [2.45, 2.75) is 38.3 Å². The van der Waals surface area contributed by atoms with Crippen LogP contribution in [-0.2, 0) is 0 Å². The van der Waals surface area contributed by atoms with Crippen molar-refractivity contribution >= 4 is 22.9 Å². The smallest absolute Gasteiger partial charge is 0.321 e. The van der Waals surface area contributed by atoms with Gasteiger partial charge in [0.15, 0.2) is 0 Å². The Balaban J connectivity index is 1.24. The van der Waals surface area contributed by atoms with Crippen LogP contribution >= 0.6 is 0 Å². The number of aromatic nitrogens is 2. The third-order valence-corrected chi connectivity index (χ3v) is 7.07. The number of carbonyl (C=O) groups is 1. The van der Waals surface area contributed by atoms with Crippen molar-refractivity contribution < 1.29 is 9.90 Å². The van der Waals surface area contributed by atoms with Gasteiger partial charge in [-0.3, -0.25) is 0 Å². The number of aliphatic hydroxyl groups is 1. The molecule has 5 rings (SSSR count). The average molecular weight is 443 g/mol. The molecule has 2 N–H and O–H groups in total. The van der Waals surface area contributed by atoms with Crippen molar-refractivity contribution in [1.29, 1.82) is 0 Å². The molecule has 2 atom stereocenters. The summed E-state index contributed by atoms with van der Waals surface area (Å²) in [4.78, 5) is 18.8. The van der Waals surface area contributed by atoms with Crippen molar-refractivity contribution in [2.24, 2.45) is 5.92 Å². The van der Waals surface area contributed by atoms with E-state index in [4.69, 9.17) is 0 Å². The van der Waals surface area contributed by atoms with Crippen molar-refractivity contribution in [2.75, 3.05) is 18.4 Å². The molecule has 2 unspecified atom stereocenters. The van der Waals surface area contributed by atoms with E-state index in [1.807, 2.05) is 53.8 Å². The number of nitrogens with one attached hydrogen (secondary N) is 1. The van der Waals surface area contributed by atoms with Crippen LogP contribution in [-0.4, -0.2) is 44.8 Å². The number of amides is 2. The summed E-state index contributed by atoms with van der Waals surface area (Å²) in [5.74, 6) is 0.177. The largest absolute Gasteiger partial charge is 0.393 e. The van der Waals surface area contributed by atoms with Gasteiger partial charge in [-0.15, -0.1) is 0 Å². The van der Waals surface area contributed by atoms with Crippen LogP contribution in [0.15, 0.2) is 73.2 Å². The van der Waals surface area contributed by atoms with E-state index in [1.165, 1.54) is 16.7 Å². The number of benzene rings is 2. The molecule has 0 radical (unpaired) electrons. The first-order valence-corrected chi connectivity index (χ1v) is 11.7. The van der Waals surface area contributed by atoms with Crippen LogP contribution in [0.4, 0.5) is 10.5 Å². The summed E-state index contributed by atoms with van der Waals surface area (Å²) in [5, 5.41) is 14.2. The molecule has 2 aromatic carbocycles. The van der Waals surface area contributed by atoms with E-state index >= 15 is 0 Å². The molecular weight excluding hydrogens is 412 g/mol. The molecule has 1 aromatic heterocycles. The number of hydrogen-bond acceptors (Lipinski definition) is 3. The van der Waals surface area contributed by atoms with Crippen molar-refractivity contribution in [3.8, 4) is 0 Å². The van der Waals surface area contributed by atoms with E-state index in [0.29, 0.717) is 19.5 Å². The molecule has 1 fully saturated rings. The number of imidazole rings is 1. The normalized spacial score (nSPS) is 19.5. The van der Waals surface area contributed by atoms with Gasteiger partial charge in [-0.1, -0.05) is 48.5 Å². The summed E-state index contributed by atoms with van der Waals surface area (Å²) < 4.78 is 2.20. The number of fused-ring (bicyclic) bond motifs is 1. The van der Waals surface area contributed by atoms with Gasteiger partial charge in [0.25, 0.3) is 0 Å². The number of carbonyl (C=O) groups excluding carboxylic acids is 1. The lowest BCUT2D eigenvalue weighted by atomic mass is 9.85. The average Bonchev–Trinajstić information content (AvgIpc) is 3.43.